The predicted molar refractivity (Wildman–Crippen MR) is 94.5 cm³/mol. The van der Waals surface area contributed by atoms with Crippen LogP contribution in [0.2, 0.25) is 0 Å². The van der Waals surface area contributed by atoms with Crippen molar-refractivity contribution in [3.05, 3.63) is 35.9 Å². The Kier molecular flexibility index (Phi) is 4.77. The van der Waals surface area contributed by atoms with E-state index in [2.05, 4.69) is 47.9 Å². The maximum absolute atomic E-state index is 13.3. The predicted octanol–water partition coefficient (Wildman–Crippen LogP) is 3.44. The molecule has 0 spiro atoms. The number of piperidine rings is 1. The molecular weight excluding hydrogens is 284 g/mol. The highest BCUT2D eigenvalue weighted by Crippen LogP contribution is 2.45. The van der Waals surface area contributed by atoms with Crippen molar-refractivity contribution in [2.75, 3.05) is 20.1 Å². The molecule has 1 amide bonds. The van der Waals surface area contributed by atoms with Crippen molar-refractivity contribution < 1.29 is 4.79 Å². The Morgan fingerprint density at radius 3 is 2.26 bits per heavy atom. The minimum atomic E-state index is -0.245. The van der Waals surface area contributed by atoms with E-state index < -0.39 is 0 Å². The van der Waals surface area contributed by atoms with Crippen molar-refractivity contribution >= 4 is 5.91 Å². The van der Waals surface area contributed by atoms with Gasteiger partial charge in [0.05, 0.1) is 5.41 Å². The summed E-state index contributed by atoms with van der Waals surface area (Å²) in [5, 5.41) is 0. The van der Waals surface area contributed by atoms with Crippen molar-refractivity contribution in [1.29, 1.82) is 0 Å². The van der Waals surface area contributed by atoms with Crippen molar-refractivity contribution in [3.63, 3.8) is 0 Å². The molecule has 0 radical (unpaired) electrons. The first-order chi connectivity index (χ1) is 11.0. The number of hydrogen-bond acceptors (Lipinski definition) is 2. The number of likely N-dealkylation sites (tertiary alicyclic amines) is 1. The lowest BCUT2D eigenvalue weighted by Gasteiger charge is -2.46. The summed E-state index contributed by atoms with van der Waals surface area (Å²) in [7, 11) is 2.03. The van der Waals surface area contributed by atoms with E-state index in [0.717, 1.165) is 38.8 Å². The average molecular weight is 314 g/mol. The van der Waals surface area contributed by atoms with E-state index in [0.29, 0.717) is 18.0 Å². The molecule has 0 aromatic heterocycles. The van der Waals surface area contributed by atoms with Crippen LogP contribution >= 0.6 is 0 Å². The lowest BCUT2D eigenvalue weighted by molar-refractivity contribution is -0.142. The van der Waals surface area contributed by atoms with Crippen LogP contribution in [-0.2, 0) is 10.2 Å². The highest BCUT2D eigenvalue weighted by Gasteiger charge is 2.48. The minimum absolute atomic E-state index is 0.245. The molecule has 1 aromatic carbocycles. The minimum Gasteiger partial charge on any atom is -0.342 e. The molecule has 1 aromatic rings. The molecule has 126 valence electrons. The van der Waals surface area contributed by atoms with Gasteiger partial charge in [0.1, 0.15) is 0 Å². The van der Waals surface area contributed by atoms with E-state index in [1.807, 2.05) is 13.1 Å². The molecule has 3 heteroatoms. The molecule has 1 saturated heterocycles. The molecular formula is C20H30N2O. The molecule has 1 aliphatic heterocycles. The lowest BCUT2D eigenvalue weighted by atomic mass is 9.63. The molecule has 0 N–H and O–H groups in total. The van der Waals surface area contributed by atoms with E-state index in [-0.39, 0.29) is 5.41 Å². The highest BCUT2D eigenvalue weighted by molar-refractivity contribution is 5.89. The summed E-state index contributed by atoms with van der Waals surface area (Å²) in [5.74, 6) is 0.345. The van der Waals surface area contributed by atoms with Crippen LogP contribution in [0.1, 0.15) is 51.5 Å². The molecule has 2 aliphatic rings. The third-order valence-electron chi connectivity index (χ3n) is 6.04. The second kappa shape index (κ2) is 6.64. The van der Waals surface area contributed by atoms with E-state index in [4.69, 9.17) is 0 Å². The third kappa shape index (κ3) is 3.03. The van der Waals surface area contributed by atoms with Gasteiger partial charge in [0.15, 0.2) is 0 Å². The quantitative estimate of drug-likeness (QED) is 0.850. The summed E-state index contributed by atoms with van der Waals surface area (Å²) in [5.41, 5.74) is 0.966. The first-order valence-electron chi connectivity index (χ1n) is 9.11. The number of carbonyl (C=O) groups is 1. The van der Waals surface area contributed by atoms with E-state index >= 15 is 0 Å². The first-order valence-corrected chi connectivity index (χ1v) is 9.11. The molecule has 3 nitrogen and oxygen atoms in total. The Bertz CT molecular complexity index is 528. The Hall–Kier alpha value is -1.35. The number of likely N-dealkylation sites (N-methyl/N-ethyl adjacent to an activating group) is 1. The van der Waals surface area contributed by atoms with Crippen LogP contribution in [0.5, 0.6) is 0 Å². The van der Waals surface area contributed by atoms with Crippen LogP contribution in [0.3, 0.4) is 0 Å². The molecule has 1 saturated carbocycles. The number of nitrogens with zero attached hydrogens (tertiary/aromatic N) is 2. The van der Waals surface area contributed by atoms with Gasteiger partial charge in [-0.05, 0) is 45.1 Å². The Morgan fingerprint density at radius 2 is 1.78 bits per heavy atom. The van der Waals surface area contributed by atoms with Gasteiger partial charge >= 0.3 is 0 Å². The zero-order valence-electron chi connectivity index (χ0n) is 14.8. The van der Waals surface area contributed by atoms with Gasteiger partial charge in [0, 0.05) is 32.2 Å². The third-order valence-corrected chi connectivity index (χ3v) is 6.04. The monoisotopic (exact) mass is 314 g/mol. The number of rotatable bonds is 4. The summed E-state index contributed by atoms with van der Waals surface area (Å²) in [6, 6.07) is 11.4. The topological polar surface area (TPSA) is 23.6 Å². The lowest BCUT2D eigenvalue weighted by Crippen LogP contribution is -2.55. The second-order valence-corrected chi connectivity index (χ2v) is 7.58. The van der Waals surface area contributed by atoms with E-state index in [1.54, 1.807) is 0 Å². The summed E-state index contributed by atoms with van der Waals surface area (Å²) < 4.78 is 0. The maximum Gasteiger partial charge on any atom is 0.233 e. The molecule has 2 fully saturated rings. The molecule has 1 aliphatic carbocycles. The molecule has 0 bridgehead atoms. The molecule has 23 heavy (non-hydrogen) atoms. The smallest absolute Gasteiger partial charge is 0.233 e. The highest BCUT2D eigenvalue weighted by atomic mass is 16.2. The average Bonchev–Trinajstić information content (AvgIpc) is 2.54. The van der Waals surface area contributed by atoms with Crippen LogP contribution in [0.15, 0.2) is 30.3 Å². The van der Waals surface area contributed by atoms with Crippen LogP contribution in [0.25, 0.3) is 0 Å². The Balaban J connectivity index is 1.70. The fourth-order valence-corrected chi connectivity index (χ4v) is 4.21. The SMILES string of the molecule is CC(C)N1CCC(N(C)C(=O)C2(c3ccccc3)CCC2)CC1. The number of benzene rings is 1. The zero-order valence-corrected chi connectivity index (χ0v) is 14.8. The first kappa shape index (κ1) is 16.5. The summed E-state index contributed by atoms with van der Waals surface area (Å²) in [6.07, 6.45) is 5.38. The van der Waals surface area contributed by atoms with Crippen molar-refractivity contribution in [2.45, 2.75) is 63.5 Å². The van der Waals surface area contributed by atoms with Crippen LogP contribution in [-0.4, -0.2) is 47.9 Å². The van der Waals surface area contributed by atoms with Crippen LogP contribution < -0.4 is 0 Å². The molecule has 0 atom stereocenters. The number of hydrogen-bond donors (Lipinski definition) is 0. The largest absolute Gasteiger partial charge is 0.342 e. The summed E-state index contributed by atoms with van der Waals surface area (Å²) in [4.78, 5) is 17.9. The van der Waals surface area contributed by atoms with E-state index in [1.165, 1.54) is 12.0 Å². The second-order valence-electron chi connectivity index (χ2n) is 7.58. The van der Waals surface area contributed by atoms with E-state index in [9.17, 15) is 4.79 Å². The maximum atomic E-state index is 13.3. The van der Waals surface area contributed by atoms with Crippen LogP contribution in [0.4, 0.5) is 0 Å². The fraction of sp³-hybridized carbons (Fsp3) is 0.650. The van der Waals surface area contributed by atoms with Gasteiger partial charge in [-0.25, -0.2) is 0 Å². The van der Waals surface area contributed by atoms with Gasteiger partial charge in [-0.3, -0.25) is 4.79 Å². The normalized spacial score (nSPS) is 21.9. The van der Waals surface area contributed by atoms with Crippen LogP contribution in [0, 0.1) is 0 Å². The molecule has 3 rings (SSSR count). The number of amides is 1. The van der Waals surface area contributed by atoms with Crippen molar-refractivity contribution in [3.8, 4) is 0 Å². The van der Waals surface area contributed by atoms with Gasteiger partial charge in [0.25, 0.3) is 0 Å². The van der Waals surface area contributed by atoms with Gasteiger partial charge in [-0.1, -0.05) is 36.8 Å². The fourth-order valence-electron chi connectivity index (χ4n) is 4.21. The Labute approximate surface area is 140 Å². The molecule has 1 heterocycles. The van der Waals surface area contributed by atoms with Gasteiger partial charge < -0.3 is 9.80 Å². The summed E-state index contributed by atoms with van der Waals surface area (Å²) in [6.45, 7) is 6.73. The van der Waals surface area contributed by atoms with Crippen molar-refractivity contribution in [2.24, 2.45) is 0 Å². The Morgan fingerprint density at radius 1 is 1.17 bits per heavy atom. The van der Waals surface area contributed by atoms with Gasteiger partial charge in [0.2, 0.25) is 5.91 Å². The van der Waals surface area contributed by atoms with Gasteiger partial charge in [-0.15, -0.1) is 0 Å². The molecule has 0 unspecified atom stereocenters. The van der Waals surface area contributed by atoms with Gasteiger partial charge in [-0.2, -0.15) is 0 Å². The summed E-state index contributed by atoms with van der Waals surface area (Å²) >= 11 is 0. The zero-order chi connectivity index (χ0) is 16.4. The van der Waals surface area contributed by atoms with Crippen molar-refractivity contribution in [1.82, 2.24) is 9.80 Å². The standard InChI is InChI=1S/C20H30N2O/c1-16(2)22-14-10-18(11-15-22)21(3)19(23)20(12-7-13-20)17-8-5-4-6-9-17/h4-6,8-9,16,18H,7,10-15H2,1-3H3. The number of carbonyl (C=O) groups excluding carboxylic acids is 1.